The van der Waals surface area contributed by atoms with E-state index < -0.39 is 0 Å². The number of phenolic OH excluding ortho intramolecular Hbond substituents is 1. The second-order valence-corrected chi connectivity index (χ2v) is 5.21. The number of aromatic hydroxyl groups is 1. The number of hydrogen-bond donors (Lipinski definition) is 2. The van der Waals surface area contributed by atoms with Gasteiger partial charge in [0.15, 0.2) is 11.5 Å². The zero-order valence-corrected chi connectivity index (χ0v) is 12.1. The molecule has 1 aliphatic rings. The molecule has 0 aromatic heterocycles. The minimum Gasteiger partial charge on any atom is -0.508 e. The third-order valence-electron chi connectivity index (χ3n) is 3.61. The molecular formula is C17H19NO3. The summed E-state index contributed by atoms with van der Waals surface area (Å²) < 4.78 is 10.8. The van der Waals surface area contributed by atoms with Crippen molar-refractivity contribution in [3.63, 3.8) is 0 Å². The molecule has 0 atom stereocenters. The topological polar surface area (TPSA) is 50.7 Å². The standard InChI is InChI=1S/C17H19NO3/c1-12-5-6-13(15(19)9-12)7-8-18-10-14-3-2-4-16-17(14)21-11-20-16/h2-6,9,18-19H,7-8,10-11H2,1H3. The molecule has 0 radical (unpaired) electrons. The van der Waals surface area contributed by atoms with Crippen molar-refractivity contribution < 1.29 is 14.6 Å². The van der Waals surface area contributed by atoms with Crippen molar-refractivity contribution in [1.29, 1.82) is 0 Å². The molecule has 0 aliphatic carbocycles. The minimum absolute atomic E-state index is 0.295. The largest absolute Gasteiger partial charge is 0.508 e. The van der Waals surface area contributed by atoms with E-state index in [9.17, 15) is 5.11 Å². The summed E-state index contributed by atoms with van der Waals surface area (Å²) in [4.78, 5) is 0. The molecule has 4 nitrogen and oxygen atoms in total. The summed E-state index contributed by atoms with van der Waals surface area (Å²) in [6.45, 7) is 3.78. The second-order valence-electron chi connectivity index (χ2n) is 5.21. The van der Waals surface area contributed by atoms with Crippen molar-refractivity contribution in [3.05, 3.63) is 53.1 Å². The highest BCUT2D eigenvalue weighted by atomic mass is 16.7. The zero-order valence-electron chi connectivity index (χ0n) is 12.1. The van der Waals surface area contributed by atoms with Crippen LogP contribution in [0.2, 0.25) is 0 Å². The van der Waals surface area contributed by atoms with Crippen LogP contribution in [0.25, 0.3) is 0 Å². The molecular weight excluding hydrogens is 266 g/mol. The van der Waals surface area contributed by atoms with E-state index in [0.29, 0.717) is 12.5 Å². The van der Waals surface area contributed by atoms with Crippen molar-refractivity contribution in [2.45, 2.75) is 19.9 Å². The number of ether oxygens (including phenoxy) is 2. The van der Waals surface area contributed by atoms with Gasteiger partial charge in [-0.2, -0.15) is 0 Å². The van der Waals surface area contributed by atoms with Crippen molar-refractivity contribution in [2.75, 3.05) is 13.3 Å². The lowest BCUT2D eigenvalue weighted by Gasteiger charge is -2.09. The molecule has 1 aliphatic heterocycles. The smallest absolute Gasteiger partial charge is 0.231 e. The van der Waals surface area contributed by atoms with Gasteiger partial charge in [-0.3, -0.25) is 0 Å². The summed E-state index contributed by atoms with van der Waals surface area (Å²) in [6, 6.07) is 11.7. The quantitative estimate of drug-likeness (QED) is 0.829. The number of nitrogens with one attached hydrogen (secondary N) is 1. The fraction of sp³-hybridized carbons (Fsp3) is 0.294. The van der Waals surface area contributed by atoms with Gasteiger partial charge >= 0.3 is 0 Å². The van der Waals surface area contributed by atoms with E-state index in [0.717, 1.165) is 47.7 Å². The number of benzene rings is 2. The fourth-order valence-corrected chi connectivity index (χ4v) is 2.46. The first-order chi connectivity index (χ1) is 10.2. The van der Waals surface area contributed by atoms with E-state index in [1.165, 1.54) is 0 Å². The Kier molecular flexibility index (Phi) is 3.97. The Bertz CT molecular complexity index is 640. The molecule has 0 amide bonds. The van der Waals surface area contributed by atoms with Crippen molar-refractivity contribution in [2.24, 2.45) is 0 Å². The Morgan fingerprint density at radius 1 is 1.14 bits per heavy atom. The van der Waals surface area contributed by atoms with Gasteiger partial charge in [-0.15, -0.1) is 0 Å². The highest BCUT2D eigenvalue weighted by molar-refractivity contribution is 5.48. The van der Waals surface area contributed by atoms with Crippen molar-refractivity contribution >= 4 is 0 Å². The fourth-order valence-electron chi connectivity index (χ4n) is 2.46. The number of hydrogen-bond acceptors (Lipinski definition) is 4. The number of para-hydroxylation sites is 1. The first-order valence-electron chi connectivity index (χ1n) is 7.11. The molecule has 21 heavy (non-hydrogen) atoms. The Morgan fingerprint density at radius 2 is 2.05 bits per heavy atom. The maximum Gasteiger partial charge on any atom is 0.231 e. The van der Waals surface area contributed by atoms with Gasteiger partial charge < -0.3 is 19.9 Å². The van der Waals surface area contributed by atoms with Crippen LogP contribution in [0.1, 0.15) is 16.7 Å². The highest BCUT2D eigenvalue weighted by Gasteiger charge is 2.16. The lowest BCUT2D eigenvalue weighted by Crippen LogP contribution is -2.17. The van der Waals surface area contributed by atoms with Crippen molar-refractivity contribution in [3.8, 4) is 17.2 Å². The van der Waals surface area contributed by atoms with Gasteiger partial charge in [-0.05, 0) is 43.1 Å². The van der Waals surface area contributed by atoms with Gasteiger partial charge in [0, 0.05) is 12.1 Å². The molecule has 4 heteroatoms. The molecule has 1 heterocycles. The van der Waals surface area contributed by atoms with E-state index in [1.807, 2.05) is 37.3 Å². The molecule has 2 aromatic rings. The summed E-state index contributed by atoms with van der Waals surface area (Å²) in [5.41, 5.74) is 3.13. The van der Waals surface area contributed by atoms with Gasteiger partial charge in [0.25, 0.3) is 0 Å². The zero-order chi connectivity index (χ0) is 14.7. The molecule has 0 unspecified atom stereocenters. The number of aryl methyl sites for hydroxylation is 1. The molecule has 0 spiro atoms. The monoisotopic (exact) mass is 285 g/mol. The molecule has 110 valence electrons. The van der Waals surface area contributed by atoms with Crippen LogP contribution in [0.5, 0.6) is 17.2 Å². The summed E-state index contributed by atoms with van der Waals surface area (Å²) in [7, 11) is 0. The van der Waals surface area contributed by atoms with Crippen LogP contribution < -0.4 is 14.8 Å². The van der Waals surface area contributed by atoms with E-state index in [2.05, 4.69) is 5.32 Å². The third-order valence-corrected chi connectivity index (χ3v) is 3.61. The highest BCUT2D eigenvalue weighted by Crippen LogP contribution is 2.35. The lowest BCUT2D eigenvalue weighted by atomic mass is 10.1. The first-order valence-corrected chi connectivity index (χ1v) is 7.11. The van der Waals surface area contributed by atoms with Crippen molar-refractivity contribution in [1.82, 2.24) is 5.32 Å². The van der Waals surface area contributed by atoms with Crippen LogP contribution >= 0.6 is 0 Å². The Morgan fingerprint density at radius 3 is 2.90 bits per heavy atom. The van der Waals surface area contributed by atoms with Crippen LogP contribution in [0.15, 0.2) is 36.4 Å². The number of fused-ring (bicyclic) bond motifs is 1. The molecule has 2 N–H and O–H groups in total. The third kappa shape index (κ3) is 3.11. The van der Waals surface area contributed by atoms with Gasteiger partial charge in [0.1, 0.15) is 5.75 Å². The molecule has 0 saturated heterocycles. The van der Waals surface area contributed by atoms with Gasteiger partial charge in [0.05, 0.1) is 0 Å². The van der Waals surface area contributed by atoms with E-state index >= 15 is 0 Å². The van der Waals surface area contributed by atoms with Gasteiger partial charge in [0.2, 0.25) is 6.79 Å². The second kappa shape index (κ2) is 6.06. The van der Waals surface area contributed by atoms with E-state index in [4.69, 9.17) is 9.47 Å². The van der Waals surface area contributed by atoms with E-state index in [1.54, 1.807) is 6.07 Å². The first kappa shape index (κ1) is 13.8. The summed E-state index contributed by atoms with van der Waals surface area (Å²) in [5.74, 6) is 2.02. The Labute approximate surface area is 124 Å². The maximum atomic E-state index is 9.87. The predicted molar refractivity (Wildman–Crippen MR) is 80.8 cm³/mol. The average molecular weight is 285 g/mol. The number of rotatable bonds is 5. The molecule has 0 saturated carbocycles. The van der Waals surface area contributed by atoms with Gasteiger partial charge in [-0.25, -0.2) is 0 Å². The predicted octanol–water partition coefficient (Wildman–Crippen LogP) is 2.76. The lowest BCUT2D eigenvalue weighted by molar-refractivity contribution is 0.173. The van der Waals surface area contributed by atoms with Crippen LogP contribution in [0, 0.1) is 6.92 Å². The van der Waals surface area contributed by atoms with Crippen LogP contribution in [0.4, 0.5) is 0 Å². The Hall–Kier alpha value is -2.20. The molecule has 0 fully saturated rings. The summed E-state index contributed by atoms with van der Waals surface area (Å²) in [5, 5.41) is 13.2. The van der Waals surface area contributed by atoms with Crippen LogP contribution in [-0.4, -0.2) is 18.4 Å². The Balaban J connectivity index is 1.54. The van der Waals surface area contributed by atoms with Gasteiger partial charge in [-0.1, -0.05) is 24.3 Å². The van der Waals surface area contributed by atoms with Crippen LogP contribution in [-0.2, 0) is 13.0 Å². The number of phenols is 1. The van der Waals surface area contributed by atoms with Crippen LogP contribution in [0.3, 0.4) is 0 Å². The molecule has 3 rings (SSSR count). The molecule has 0 bridgehead atoms. The maximum absolute atomic E-state index is 9.87. The minimum atomic E-state index is 0.295. The summed E-state index contributed by atoms with van der Waals surface area (Å²) >= 11 is 0. The average Bonchev–Trinajstić information content (AvgIpc) is 2.94. The normalized spacial score (nSPS) is 12.6. The SMILES string of the molecule is Cc1ccc(CCNCc2cccc3c2OCO3)c(O)c1. The summed E-state index contributed by atoms with van der Waals surface area (Å²) in [6.07, 6.45) is 0.790. The molecule has 2 aromatic carbocycles. The van der Waals surface area contributed by atoms with E-state index in [-0.39, 0.29) is 0 Å².